The molecule has 2 rings (SSSR count). The van der Waals surface area contributed by atoms with Crippen LogP contribution in [0.25, 0.3) is 0 Å². The molecule has 0 saturated heterocycles. The van der Waals surface area contributed by atoms with Crippen molar-refractivity contribution in [3.63, 3.8) is 0 Å². The zero-order valence-electron chi connectivity index (χ0n) is 10.6. The first-order valence-electron chi connectivity index (χ1n) is 5.81. The summed E-state index contributed by atoms with van der Waals surface area (Å²) in [4.78, 5) is 11.5. The van der Waals surface area contributed by atoms with Crippen LogP contribution in [0.2, 0.25) is 0 Å². The molecular formula is C13H14F2O4. The van der Waals surface area contributed by atoms with Crippen LogP contribution in [0, 0.1) is 11.6 Å². The Balaban J connectivity index is 2.76. The molecule has 0 bridgehead atoms. The van der Waals surface area contributed by atoms with Crippen molar-refractivity contribution < 1.29 is 28.2 Å². The maximum atomic E-state index is 13.8. The van der Waals surface area contributed by atoms with Gasteiger partial charge in [-0.3, -0.25) is 4.79 Å². The topological polar surface area (TPSA) is 55.8 Å². The first kappa shape index (κ1) is 13.6. The lowest BCUT2D eigenvalue weighted by molar-refractivity contribution is -0.147. The largest absolute Gasteiger partial charge is 0.493 e. The van der Waals surface area contributed by atoms with Gasteiger partial charge in [-0.2, -0.15) is 0 Å². The number of hydrogen-bond acceptors (Lipinski definition) is 3. The molecule has 1 aromatic rings. The summed E-state index contributed by atoms with van der Waals surface area (Å²) in [6.45, 7) is 0. The molecule has 1 saturated carbocycles. The summed E-state index contributed by atoms with van der Waals surface area (Å²) in [6.07, 6.45) is 1.28. The third-order valence-corrected chi connectivity index (χ3v) is 3.64. The normalized spacial score (nSPS) is 16.6. The highest BCUT2D eigenvalue weighted by Gasteiger charge is 2.51. The van der Waals surface area contributed by atoms with E-state index >= 15 is 0 Å². The third kappa shape index (κ3) is 1.82. The van der Waals surface area contributed by atoms with Crippen LogP contribution in [-0.2, 0) is 10.2 Å². The van der Waals surface area contributed by atoms with Crippen LogP contribution >= 0.6 is 0 Å². The molecule has 1 fully saturated rings. The van der Waals surface area contributed by atoms with Crippen molar-refractivity contribution in [1.29, 1.82) is 0 Å². The number of hydrogen-bond donors (Lipinski definition) is 1. The fourth-order valence-electron chi connectivity index (χ4n) is 2.52. The van der Waals surface area contributed by atoms with E-state index in [1.807, 2.05) is 0 Å². The van der Waals surface area contributed by atoms with Gasteiger partial charge in [-0.15, -0.1) is 0 Å². The third-order valence-electron chi connectivity index (χ3n) is 3.64. The number of carboxylic acid groups (broad SMARTS) is 1. The maximum absolute atomic E-state index is 13.8. The molecule has 1 aromatic carbocycles. The Bertz CT molecular complexity index is 496. The molecule has 1 aliphatic rings. The van der Waals surface area contributed by atoms with E-state index in [-0.39, 0.29) is 17.1 Å². The predicted molar refractivity (Wildman–Crippen MR) is 62.6 cm³/mol. The number of carboxylic acids is 1. The Labute approximate surface area is 108 Å². The zero-order chi connectivity index (χ0) is 14.2. The minimum Gasteiger partial charge on any atom is -0.493 e. The van der Waals surface area contributed by atoms with Gasteiger partial charge in [-0.25, -0.2) is 8.78 Å². The molecule has 19 heavy (non-hydrogen) atoms. The lowest BCUT2D eigenvalue weighted by Gasteiger charge is -2.39. The van der Waals surface area contributed by atoms with Crippen LogP contribution in [-0.4, -0.2) is 25.3 Å². The molecule has 1 N–H and O–H groups in total. The highest BCUT2D eigenvalue weighted by molar-refractivity contribution is 5.85. The molecule has 0 heterocycles. The molecule has 0 radical (unpaired) electrons. The average molecular weight is 272 g/mol. The van der Waals surface area contributed by atoms with Crippen LogP contribution in [0.5, 0.6) is 11.5 Å². The Morgan fingerprint density at radius 1 is 1.21 bits per heavy atom. The highest BCUT2D eigenvalue weighted by Crippen LogP contribution is 2.52. The first-order valence-corrected chi connectivity index (χ1v) is 5.81. The lowest BCUT2D eigenvalue weighted by atomic mass is 9.64. The summed E-state index contributed by atoms with van der Waals surface area (Å²) >= 11 is 0. The molecule has 6 heteroatoms. The molecule has 0 aromatic heterocycles. The van der Waals surface area contributed by atoms with E-state index < -0.39 is 23.0 Å². The molecule has 0 unspecified atom stereocenters. The van der Waals surface area contributed by atoms with E-state index in [0.717, 1.165) is 0 Å². The minimum atomic E-state index is -1.33. The molecule has 0 atom stereocenters. The minimum absolute atomic E-state index is 0.0475. The van der Waals surface area contributed by atoms with Crippen molar-refractivity contribution >= 4 is 5.97 Å². The van der Waals surface area contributed by atoms with Gasteiger partial charge in [0.1, 0.15) is 5.41 Å². The molecular weight excluding hydrogens is 258 g/mol. The number of aliphatic carboxylic acids is 1. The quantitative estimate of drug-likeness (QED) is 0.915. The van der Waals surface area contributed by atoms with Gasteiger partial charge in [-0.1, -0.05) is 6.42 Å². The second-order valence-corrected chi connectivity index (χ2v) is 4.52. The fourth-order valence-corrected chi connectivity index (χ4v) is 2.52. The van der Waals surface area contributed by atoms with Gasteiger partial charge >= 0.3 is 5.97 Å². The highest BCUT2D eigenvalue weighted by atomic mass is 19.1. The van der Waals surface area contributed by atoms with Gasteiger partial charge in [-0.05, 0) is 12.8 Å². The van der Waals surface area contributed by atoms with Gasteiger partial charge in [0.05, 0.1) is 19.8 Å². The first-order chi connectivity index (χ1) is 8.97. The summed E-state index contributed by atoms with van der Waals surface area (Å²) in [5, 5.41) is 9.40. The molecule has 0 aliphatic heterocycles. The number of rotatable bonds is 4. The van der Waals surface area contributed by atoms with Crippen LogP contribution in [0.1, 0.15) is 24.8 Å². The Kier molecular flexibility index (Phi) is 3.34. The second kappa shape index (κ2) is 4.68. The van der Waals surface area contributed by atoms with Crippen LogP contribution in [0.4, 0.5) is 8.78 Å². The monoisotopic (exact) mass is 272 g/mol. The Morgan fingerprint density at radius 3 is 1.95 bits per heavy atom. The van der Waals surface area contributed by atoms with Crippen LogP contribution < -0.4 is 9.47 Å². The van der Waals surface area contributed by atoms with E-state index in [1.54, 1.807) is 0 Å². The maximum Gasteiger partial charge on any atom is 0.314 e. The molecule has 0 amide bonds. The fraction of sp³-hybridized carbons (Fsp3) is 0.462. The van der Waals surface area contributed by atoms with E-state index in [2.05, 4.69) is 0 Å². The van der Waals surface area contributed by atoms with Crippen molar-refractivity contribution in [3.8, 4) is 11.5 Å². The van der Waals surface area contributed by atoms with Gasteiger partial charge in [0.2, 0.25) is 0 Å². The average Bonchev–Trinajstić information content (AvgIpc) is 2.27. The van der Waals surface area contributed by atoms with E-state index in [0.29, 0.717) is 25.3 Å². The number of ether oxygens (including phenoxy) is 2. The van der Waals surface area contributed by atoms with E-state index in [4.69, 9.17) is 9.47 Å². The summed E-state index contributed by atoms with van der Waals surface area (Å²) in [7, 11) is 2.43. The Morgan fingerprint density at radius 2 is 1.68 bits per heavy atom. The molecule has 4 nitrogen and oxygen atoms in total. The summed E-state index contributed by atoms with van der Waals surface area (Å²) in [5.74, 6) is -3.51. The van der Waals surface area contributed by atoms with Gasteiger partial charge < -0.3 is 14.6 Å². The molecule has 0 spiro atoms. The molecule has 1 aliphatic carbocycles. The number of benzene rings is 1. The summed E-state index contributed by atoms with van der Waals surface area (Å²) in [5.41, 5.74) is -1.38. The SMILES string of the molecule is COc1c(F)cc(F)c(OC)c1C1(C(=O)O)CCC1. The van der Waals surface area contributed by atoms with Gasteiger partial charge in [0.15, 0.2) is 23.1 Å². The standard InChI is InChI=1S/C13H14F2O4/c1-18-10-7(14)6-8(15)11(19-2)9(10)13(12(16)17)4-3-5-13/h6H,3-5H2,1-2H3,(H,16,17). The predicted octanol–water partition coefficient (Wildman–Crippen LogP) is 2.49. The van der Waals surface area contributed by atoms with Gasteiger partial charge in [0, 0.05) is 6.07 Å². The van der Waals surface area contributed by atoms with E-state index in [1.165, 1.54) is 14.2 Å². The van der Waals surface area contributed by atoms with Crippen molar-refractivity contribution in [1.82, 2.24) is 0 Å². The molecule has 104 valence electrons. The number of carbonyl (C=O) groups is 1. The second-order valence-electron chi connectivity index (χ2n) is 4.52. The van der Waals surface area contributed by atoms with Crippen molar-refractivity contribution in [3.05, 3.63) is 23.3 Å². The van der Waals surface area contributed by atoms with Crippen molar-refractivity contribution in [2.45, 2.75) is 24.7 Å². The summed E-state index contributed by atoms with van der Waals surface area (Å²) < 4.78 is 37.4. The van der Waals surface area contributed by atoms with Crippen LogP contribution in [0.15, 0.2) is 6.07 Å². The number of halogens is 2. The lowest BCUT2D eigenvalue weighted by Crippen LogP contribution is -2.43. The van der Waals surface area contributed by atoms with Crippen molar-refractivity contribution in [2.75, 3.05) is 14.2 Å². The van der Waals surface area contributed by atoms with Crippen molar-refractivity contribution in [2.24, 2.45) is 0 Å². The number of methoxy groups -OCH3 is 2. The van der Waals surface area contributed by atoms with E-state index in [9.17, 15) is 18.7 Å². The summed E-state index contributed by atoms with van der Waals surface area (Å²) in [6, 6.07) is 0.634. The zero-order valence-corrected chi connectivity index (χ0v) is 10.6. The Hall–Kier alpha value is -1.85. The smallest absolute Gasteiger partial charge is 0.314 e. The van der Waals surface area contributed by atoms with Gasteiger partial charge in [0.25, 0.3) is 0 Å². The van der Waals surface area contributed by atoms with Crippen LogP contribution in [0.3, 0.4) is 0 Å².